The molecule has 0 aliphatic heterocycles. The predicted octanol–water partition coefficient (Wildman–Crippen LogP) is 4.27. The Morgan fingerprint density at radius 3 is 2.41 bits per heavy atom. The van der Waals surface area contributed by atoms with Crippen molar-refractivity contribution in [1.29, 1.82) is 0 Å². The summed E-state index contributed by atoms with van der Waals surface area (Å²) in [5.41, 5.74) is 2.20. The smallest absolute Gasteiger partial charge is 0.387 e. The van der Waals surface area contributed by atoms with Gasteiger partial charge in [-0.15, -0.1) is 24.0 Å². The maximum atomic E-state index is 13.6. The van der Waals surface area contributed by atoms with Gasteiger partial charge in [-0.05, 0) is 48.2 Å². The largest absolute Gasteiger partial charge is 0.493 e. The summed E-state index contributed by atoms with van der Waals surface area (Å²) in [6.07, 6.45) is 0.559. The lowest BCUT2D eigenvalue weighted by Gasteiger charge is -2.14. The Kier molecular flexibility index (Phi) is 10.6. The van der Waals surface area contributed by atoms with E-state index in [9.17, 15) is 13.2 Å². The van der Waals surface area contributed by atoms with Gasteiger partial charge in [0.15, 0.2) is 17.5 Å². The van der Waals surface area contributed by atoms with E-state index in [0.717, 1.165) is 11.1 Å². The minimum Gasteiger partial charge on any atom is -0.493 e. The molecule has 0 saturated heterocycles. The van der Waals surface area contributed by atoms with Crippen molar-refractivity contribution < 1.29 is 22.6 Å². The van der Waals surface area contributed by atoms with Crippen LogP contribution in [0.25, 0.3) is 0 Å². The molecule has 2 aromatic carbocycles. The van der Waals surface area contributed by atoms with Gasteiger partial charge in [-0.1, -0.05) is 18.2 Å². The second kappa shape index (κ2) is 12.4. The molecule has 2 N–H and O–H groups in total. The Morgan fingerprint density at radius 2 is 1.79 bits per heavy atom. The van der Waals surface area contributed by atoms with Crippen LogP contribution in [0.2, 0.25) is 0 Å². The van der Waals surface area contributed by atoms with E-state index in [1.54, 1.807) is 32.2 Å². The highest BCUT2D eigenvalue weighted by Gasteiger charge is 2.11. The first-order valence-electron chi connectivity index (χ1n) is 8.74. The van der Waals surface area contributed by atoms with Crippen molar-refractivity contribution in [2.75, 3.05) is 20.7 Å². The van der Waals surface area contributed by atoms with Crippen LogP contribution >= 0.6 is 24.0 Å². The fourth-order valence-electron chi connectivity index (χ4n) is 2.54. The molecule has 2 rings (SSSR count). The van der Waals surface area contributed by atoms with Crippen molar-refractivity contribution in [2.24, 2.45) is 4.99 Å². The molecule has 0 aliphatic carbocycles. The van der Waals surface area contributed by atoms with E-state index in [0.29, 0.717) is 31.0 Å². The molecule has 0 radical (unpaired) electrons. The van der Waals surface area contributed by atoms with Crippen LogP contribution < -0.4 is 20.1 Å². The molecule has 0 unspecified atom stereocenters. The number of halogens is 4. The van der Waals surface area contributed by atoms with E-state index >= 15 is 0 Å². The van der Waals surface area contributed by atoms with Gasteiger partial charge >= 0.3 is 6.61 Å². The molecule has 0 amide bonds. The molecule has 0 aliphatic rings. The number of hydrogen-bond donors (Lipinski definition) is 2. The van der Waals surface area contributed by atoms with Crippen molar-refractivity contribution in [2.45, 2.75) is 26.5 Å². The van der Waals surface area contributed by atoms with E-state index in [2.05, 4.69) is 20.4 Å². The average Bonchev–Trinajstić information content (AvgIpc) is 2.67. The number of aryl methyl sites for hydroxylation is 1. The van der Waals surface area contributed by atoms with E-state index in [1.165, 1.54) is 19.2 Å². The van der Waals surface area contributed by atoms with Crippen molar-refractivity contribution in [3.05, 3.63) is 58.9 Å². The lowest BCUT2D eigenvalue weighted by Crippen LogP contribution is -2.37. The topological polar surface area (TPSA) is 54.9 Å². The molecule has 29 heavy (non-hydrogen) atoms. The number of hydrogen-bond acceptors (Lipinski definition) is 3. The zero-order valence-corrected chi connectivity index (χ0v) is 18.8. The van der Waals surface area contributed by atoms with Gasteiger partial charge in [0.05, 0.1) is 7.11 Å². The maximum absolute atomic E-state index is 13.6. The molecule has 0 atom stereocenters. The number of nitrogens with one attached hydrogen (secondary N) is 2. The first kappa shape index (κ1) is 24.9. The Labute approximate surface area is 185 Å². The summed E-state index contributed by atoms with van der Waals surface area (Å²) in [5, 5.41) is 6.23. The third-order valence-corrected chi connectivity index (χ3v) is 4.07. The molecule has 0 spiro atoms. The number of ether oxygens (including phenoxy) is 2. The minimum atomic E-state index is -2.92. The Morgan fingerprint density at radius 1 is 1.07 bits per heavy atom. The number of guanidine groups is 1. The van der Waals surface area contributed by atoms with Crippen LogP contribution in [0.5, 0.6) is 11.5 Å². The highest BCUT2D eigenvalue weighted by molar-refractivity contribution is 14.0. The van der Waals surface area contributed by atoms with Crippen molar-refractivity contribution in [1.82, 2.24) is 10.6 Å². The summed E-state index contributed by atoms with van der Waals surface area (Å²) in [4.78, 5) is 4.12. The van der Waals surface area contributed by atoms with Gasteiger partial charge in [-0.2, -0.15) is 8.78 Å². The van der Waals surface area contributed by atoms with Crippen LogP contribution in [-0.2, 0) is 13.0 Å². The first-order valence-corrected chi connectivity index (χ1v) is 8.74. The van der Waals surface area contributed by atoms with Crippen LogP contribution in [-0.4, -0.2) is 33.3 Å². The number of rotatable bonds is 8. The molecule has 0 fully saturated rings. The second-order valence-electron chi connectivity index (χ2n) is 6.05. The van der Waals surface area contributed by atoms with Crippen molar-refractivity contribution in [3.8, 4) is 11.5 Å². The first-order chi connectivity index (χ1) is 13.4. The predicted molar refractivity (Wildman–Crippen MR) is 118 cm³/mol. The third-order valence-electron chi connectivity index (χ3n) is 4.07. The lowest BCUT2D eigenvalue weighted by atomic mass is 10.1. The number of benzene rings is 2. The van der Waals surface area contributed by atoms with Gasteiger partial charge in [-0.25, -0.2) is 4.39 Å². The van der Waals surface area contributed by atoms with E-state index in [1.807, 2.05) is 6.07 Å². The van der Waals surface area contributed by atoms with Crippen molar-refractivity contribution in [3.63, 3.8) is 0 Å². The van der Waals surface area contributed by atoms with Gasteiger partial charge in [0, 0.05) is 20.1 Å². The fraction of sp³-hybridized carbons (Fsp3) is 0.350. The van der Waals surface area contributed by atoms with E-state index in [4.69, 9.17) is 4.74 Å². The van der Waals surface area contributed by atoms with E-state index < -0.39 is 6.61 Å². The number of alkyl halides is 2. The minimum absolute atomic E-state index is 0. The lowest BCUT2D eigenvalue weighted by molar-refractivity contribution is -0.0512. The molecule has 0 bridgehead atoms. The third kappa shape index (κ3) is 8.00. The fourth-order valence-corrected chi connectivity index (χ4v) is 2.54. The van der Waals surface area contributed by atoms with Crippen LogP contribution in [0, 0.1) is 12.7 Å². The van der Waals surface area contributed by atoms with Gasteiger partial charge in [0.1, 0.15) is 5.82 Å². The summed E-state index contributed by atoms with van der Waals surface area (Å²) >= 11 is 0. The molecule has 9 heteroatoms. The van der Waals surface area contributed by atoms with Gasteiger partial charge < -0.3 is 20.1 Å². The normalized spacial score (nSPS) is 11.1. The Hall–Kier alpha value is -2.17. The van der Waals surface area contributed by atoms with Gasteiger partial charge in [-0.3, -0.25) is 4.99 Å². The molecule has 5 nitrogen and oxygen atoms in total. The highest BCUT2D eigenvalue weighted by atomic mass is 127. The summed E-state index contributed by atoms with van der Waals surface area (Å²) in [5.74, 6) is 0.556. The van der Waals surface area contributed by atoms with Gasteiger partial charge in [0.2, 0.25) is 0 Å². The average molecular weight is 523 g/mol. The van der Waals surface area contributed by atoms with Crippen LogP contribution in [0.3, 0.4) is 0 Å². The number of nitrogens with zero attached hydrogens (tertiary/aromatic N) is 1. The van der Waals surface area contributed by atoms with Crippen LogP contribution in [0.4, 0.5) is 13.2 Å². The molecule has 0 aromatic heterocycles. The summed E-state index contributed by atoms with van der Waals surface area (Å²) < 4.78 is 48.1. The molecule has 0 heterocycles. The van der Waals surface area contributed by atoms with E-state index in [-0.39, 0.29) is 41.3 Å². The SMILES string of the molecule is CN=C(NCCc1ccc(OC)c(OC(F)F)c1)NCc1ccc(C)c(F)c1.I. The molecular formula is C20H25F3IN3O2. The molecular weight excluding hydrogens is 498 g/mol. The molecule has 160 valence electrons. The summed E-state index contributed by atoms with van der Waals surface area (Å²) in [6.45, 7) is -0.269. The molecule has 2 aromatic rings. The number of aliphatic imine (C=N–C) groups is 1. The van der Waals surface area contributed by atoms with Gasteiger partial charge in [0.25, 0.3) is 0 Å². The Bertz CT molecular complexity index is 820. The zero-order chi connectivity index (χ0) is 20.5. The van der Waals surface area contributed by atoms with Crippen LogP contribution in [0.1, 0.15) is 16.7 Å². The van der Waals surface area contributed by atoms with Crippen LogP contribution in [0.15, 0.2) is 41.4 Å². The quantitative estimate of drug-likeness (QED) is 0.309. The Balaban J connectivity index is 0.00000420. The summed E-state index contributed by atoms with van der Waals surface area (Å²) in [6, 6.07) is 9.96. The standard InChI is InChI=1S/C20H24F3N3O2.HI/c1-13-4-5-15(10-16(13)21)12-26-20(24-2)25-9-8-14-6-7-17(27-3)18(11-14)28-19(22)23;/h4-7,10-11,19H,8-9,12H2,1-3H3,(H2,24,25,26);1H. The monoisotopic (exact) mass is 523 g/mol. The summed E-state index contributed by atoms with van der Waals surface area (Å²) in [7, 11) is 3.03. The van der Waals surface area contributed by atoms with Crippen molar-refractivity contribution >= 4 is 29.9 Å². The second-order valence-corrected chi connectivity index (χ2v) is 6.05. The zero-order valence-electron chi connectivity index (χ0n) is 16.5. The molecule has 0 saturated carbocycles. The maximum Gasteiger partial charge on any atom is 0.387 e. The highest BCUT2D eigenvalue weighted by Crippen LogP contribution is 2.29. The number of methoxy groups -OCH3 is 1.